The van der Waals surface area contributed by atoms with Crippen LogP contribution in [0.1, 0.15) is 10.4 Å². The van der Waals surface area contributed by atoms with Crippen LogP contribution in [-0.2, 0) is 0 Å². The van der Waals surface area contributed by atoms with Gasteiger partial charge in [-0.05, 0) is 42.5 Å². The molecule has 0 aliphatic carbocycles. The largest absolute Gasteiger partial charge is 0.486 e. The van der Waals surface area contributed by atoms with Crippen LogP contribution in [0.2, 0.25) is 0 Å². The molecule has 5 rings (SSSR count). The molecule has 4 aromatic rings. The van der Waals surface area contributed by atoms with Gasteiger partial charge in [-0.3, -0.25) is 4.79 Å². The molecule has 0 saturated carbocycles. The van der Waals surface area contributed by atoms with E-state index in [9.17, 15) is 4.79 Å². The number of carbonyl (C=O) groups excluding carboxylic acids is 1. The number of aromatic amines is 1. The molecule has 0 saturated heterocycles. The number of nitrogens with one attached hydrogen (secondary N) is 2. The first-order valence-corrected chi connectivity index (χ1v) is 9.03. The zero-order chi connectivity index (χ0) is 18.9. The Balaban J connectivity index is 1.46. The van der Waals surface area contributed by atoms with E-state index in [1.807, 2.05) is 48.5 Å². The van der Waals surface area contributed by atoms with E-state index >= 15 is 0 Å². The van der Waals surface area contributed by atoms with E-state index in [2.05, 4.69) is 15.3 Å². The van der Waals surface area contributed by atoms with Gasteiger partial charge in [-0.2, -0.15) is 0 Å². The second kappa shape index (κ2) is 6.74. The molecular weight excluding hydrogens is 354 g/mol. The summed E-state index contributed by atoms with van der Waals surface area (Å²) in [6, 6.07) is 20.6. The van der Waals surface area contributed by atoms with Crippen molar-refractivity contribution >= 4 is 22.6 Å². The first-order valence-electron chi connectivity index (χ1n) is 9.03. The Morgan fingerprint density at radius 1 is 0.929 bits per heavy atom. The minimum Gasteiger partial charge on any atom is -0.486 e. The van der Waals surface area contributed by atoms with Gasteiger partial charge < -0.3 is 19.8 Å². The van der Waals surface area contributed by atoms with E-state index in [1.54, 1.807) is 18.2 Å². The van der Waals surface area contributed by atoms with Crippen LogP contribution in [0.15, 0.2) is 66.7 Å². The van der Waals surface area contributed by atoms with E-state index in [0.717, 1.165) is 16.6 Å². The Labute approximate surface area is 161 Å². The summed E-state index contributed by atoms with van der Waals surface area (Å²) >= 11 is 0. The van der Waals surface area contributed by atoms with Crippen LogP contribution in [-0.4, -0.2) is 29.1 Å². The fraction of sp³-hybridized carbons (Fsp3) is 0.0909. The molecule has 6 heteroatoms. The lowest BCUT2D eigenvalue weighted by molar-refractivity contribution is 0.102. The third-order valence-corrected chi connectivity index (χ3v) is 4.62. The molecule has 0 atom stereocenters. The number of imidazole rings is 1. The van der Waals surface area contributed by atoms with E-state index in [0.29, 0.717) is 41.8 Å². The van der Waals surface area contributed by atoms with Crippen molar-refractivity contribution in [3.05, 3.63) is 72.3 Å². The van der Waals surface area contributed by atoms with Gasteiger partial charge >= 0.3 is 0 Å². The topological polar surface area (TPSA) is 76.2 Å². The minimum absolute atomic E-state index is 0.222. The summed E-state index contributed by atoms with van der Waals surface area (Å²) in [6.45, 7) is 0.996. The summed E-state index contributed by atoms with van der Waals surface area (Å²) in [6.07, 6.45) is 0. The summed E-state index contributed by atoms with van der Waals surface area (Å²) < 4.78 is 11.1. The molecule has 0 unspecified atom stereocenters. The molecule has 1 aromatic heterocycles. The maximum atomic E-state index is 12.8. The van der Waals surface area contributed by atoms with Crippen molar-refractivity contribution in [3.8, 4) is 22.9 Å². The third kappa shape index (κ3) is 2.95. The number of hydrogen-bond donors (Lipinski definition) is 2. The monoisotopic (exact) mass is 371 g/mol. The highest BCUT2D eigenvalue weighted by molar-refractivity contribution is 6.06. The van der Waals surface area contributed by atoms with E-state index < -0.39 is 0 Å². The molecule has 2 N–H and O–H groups in total. The number of rotatable bonds is 3. The molecule has 2 heterocycles. The quantitative estimate of drug-likeness (QED) is 0.564. The smallest absolute Gasteiger partial charge is 0.255 e. The summed E-state index contributed by atoms with van der Waals surface area (Å²) in [5.74, 6) is 1.73. The lowest BCUT2D eigenvalue weighted by Gasteiger charge is -2.18. The van der Waals surface area contributed by atoms with Crippen molar-refractivity contribution in [3.63, 3.8) is 0 Å². The number of fused-ring (bicyclic) bond motifs is 2. The molecule has 1 amide bonds. The molecule has 138 valence electrons. The number of carbonyl (C=O) groups is 1. The highest BCUT2D eigenvalue weighted by atomic mass is 16.6. The molecule has 6 nitrogen and oxygen atoms in total. The maximum absolute atomic E-state index is 12.8. The van der Waals surface area contributed by atoms with Gasteiger partial charge in [0.1, 0.15) is 19.0 Å². The van der Waals surface area contributed by atoms with E-state index in [1.165, 1.54) is 0 Å². The zero-order valence-electron chi connectivity index (χ0n) is 14.9. The first kappa shape index (κ1) is 16.4. The number of H-pyrrole nitrogens is 1. The number of nitrogens with zero attached hydrogens (tertiary/aromatic N) is 1. The molecule has 1 aliphatic rings. The van der Waals surface area contributed by atoms with Gasteiger partial charge in [0.05, 0.1) is 16.7 Å². The Morgan fingerprint density at radius 2 is 1.71 bits per heavy atom. The molecule has 0 radical (unpaired) electrons. The summed E-state index contributed by atoms with van der Waals surface area (Å²) in [5.41, 5.74) is 3.84. The van der Waals surface area contributed by atoms with Gasteiger partial charge in [-0.15, -0.1) is 0 Å². The molecule has 3 aromatic carbocycles. The first-order chi connectivity index (χ1) is 13.8. The second-order valence-corrected chi connectivity index (χ2v) is 6.46. The Hall–Kier alpha value is -3.80. The minimum atomic E-state index is -0.222. The summed E-state index contributed by atoms with van der Waals surface area (Å²) in [5, 5.41) is 2.98. The fourth-order valence-corrected chi connectivity index (χ4v) is 3.26. The lowest BCUT2D eigenvalue weighted by atomic mass is 10.1. The molecule has 1 aliphatic heterocycles. The molecule has 0 bridgehead atoms. The number of para-hydroxylation sites is 3. The van der Waals surface area contributed by atoms with Crippen LogP contribution < -0.4 is 14.8 Å². The van der Waals surface area contributed by atoms with Gasteiger partial charge in [0, 0.05) is 11.1 Å². The van der Waals surface area contributed by atoms with Crippen LogP contribution in [0, 0.1) is 0 Å². The Bertz CT molecular complexity index is 1150. The van der Waals surface area contributed by atoms with Crippen LogP contribution in [0.25, 0.3) is 22.4 Å². The highest BCUT2D eigenvalue weighted by Crippen LogP contribution is 2.32. The van der Waals surface area contributed by atoms with Crippen molar-refractivity contribution in [1.82, 2.24) is 9.97 Å². The summed E-state index contributed by atoms with van der Waals surface area (Å²) in [4.78, 5) is 20.8. The number of ether oxygens (including phenoxy) is 2. The van der Waals surface area contributed by atoms with Crippen molar-refractivity contribution in [2.45, 2.75) is 0 Å². The summed E-state index contributed by atoms with van der Waals surface area (Å²) in [7, 11) is 0. The lowest BCUT2D eigenvalue weighted by Crippen LogP contribution is -2.17. The highest BCUT2D eigenvalue weighted by Gasteiger charge is 2.17. The zero-order valence-corrected chi connectivity index (χ0v) is 14.9. The van der Waals surface area contributed by atoms with Crippen LogP contribution in [0.3, 0.4) is 0 Å². The van der Waals surface area contributed by atoms with E-state index in [-0.39, 0.29) is 5.91 Å². The van der Waals surface area contributed by atoms with Crippen LogP contribution in [0.5, 0.6) is 11.5 Å². The van der Waals surface area contributed by atoms with Gasteiger partial charge in [0.2, 0.25) is 0 Å². The fourth-order valence-electron chi connectivity index (χ4n) is 3.26. The average Bonchev–Trinajstić information content (AvgIpc) is 3.18. The van der Waals surface area contributed by atoms with E-state index in [4.69, 9.17) is 9.47 Å². The number of hydrogen-bond acceptors (Lipinski definition) is 4. The van der Waals surface area contributed by atoms with Crippen molar-refractivity contribution in [2.24, 2.45) is 0 Å². The molecular formula is C22H17N3O3. The average molecular weight is 371 g/mol. The maximum Gasteiger partial charge on any atom is 0.255 e. The number of aromatic nitrogens is 2. The van der Waals surface area contributed by atoms with Crippen molar-refractivity contribution in [2.75, 3.05) is 18.5 Å². The second-order valence-electron chi connectivity index (χ2n) is 6.46. The van der Waals surface area contributed by atoms with Crippen LogP contribution >= 0.6 is 0 Å². The van der Waals surface area contributed by atoms with Gasteiger partial charge in [-0.25, -0.2) is 4.98 Å². The predicted octanol–water partition coefficient (Wildman–Crippen LogP) is 4.25. The number of amides is 1. The van der Waals surface area contributed by atoms with Crippen molar-refractivity contribution in [1.29, 1.82) is 0 Å². The Morgan fingerprint density at radius 3 is 2.61 bits per heavy atom. The number of benzene rings is 3. The third-order valence-electron chi connectivity index (χ3n) is 4.62. The van der Waals surface area contributed by atoms with Gasteiger partial charge in [-0.1, -0.05) is 24.3 Å². The molecule has 28 heavy (non-hydrogen) atoms. The Kier molecular flexibility index (Phi) is 3.94. The predicted molar refractivity (Wildman–Crippen MR) is 107 cm³/mol. The SMILES string of the molecule is O=C(Nc1ccccc1-c1nc2ccccc2[nH]1)c1ccc2c(c1)OCCO2. The molecule has 0 spiro atoms. The van der Waals surface area contributed by atoms with Gasteiger partial charge in [0.25, 0.3) is 5.91 Å². The standard InChI is InChI=1S/C22H17N3O3/c26-22(14-9-10-19-20(13-14)28-12-11-27-19)25-16-6-2-1-5-15(16)21-23-17-7-3-4-8-18(17)24-21/h1-10,13H,11-12H2,(H,23,24)(H,25,26). The molecule has 0 fully saturated rings. The van der Waals surface area contributed by atoms with Gasteiger partial charge in [0.15, 0.2) is 11.5 Å². The van der Waals surface area contributed by atoms with Crippen molar-refractivity contribution < 1.29 is 14.3 Å². The normalized spacial score (nSPS) is 12.7. The number of anilines is 1. The van der Waals surface area contributed by atoms with Crippen LogP contribution in [0.4, 0.5) is 5.69 Å².